The van der Waals surface area contributed by atoms with Crippen LogP contribution in [0.3, 0.4) is 0 Å². The minimum absolute atomic E-state index is 0.0145. The van der Waals surface area contributed by atoms with E-state index in [9.17, 15) is 9.59 Å². The van der Waals surface area contributed by atoms with E-state index in [1.165, 1.54) is 13.0 Å². The fourth-order valence-electron chi connectivity index (χ4n) is 2.09. The van der Waals surface area contributed by atoms with Crippen LogP contribution in [0.1, 0.15) is 20.8 Å². The molecule has 116 valence electrons. The summed E-state index contributed by atoms with van der Waals surface area (Å²) in [5, 5.41) is 0. The Kier molecular flexibility index (Phi) is 4.34. The van der Waals surface area contributed by atoms with Gasteiger partial charge in [0.1, 0.15) is 12.7 Å². The summed E-state index contributed by atoms with van der Waals surface area (Å²) in [7, 11) is 0. The van der Waals surface area contributed by atoms with Gasteiger partial charge in [0, 0.05) is 6.92 Å². The Morgan fingerprint density at radius 2 is 2.24 bits per heavy atom. The monoisotopic (exact) mass is 298 g/mol. The van der Waals surface area contributed by atoms with Crippen LogP contribution < -0.4 is 0 Å². The zero-order valence-electron chi connectivity index (χ0n) is 12.2. The summed E-state index contributed by atoms with van der Waals surface area (Å²) >= 11 is 0. The largest absolute Gasteiger partial charge is 0.480 e. The third kappa shape index (κ3) is 3.43. The van der Waals surface area contributed by atoms with Crippen LogP contribution in [0.4, 0.5) is 0 Å². The molecular formula is C14H18O7. The van der Waals surface area contributed by atoms with Gasteiger partial charge in [-0.05, 0) is 13.8 Å². The molecule has 2 heterocycles. The molecule has 0 aromatic heterocycles. The Morgan fingerprint density at radius 3 is 2.76 bits per heavy atom. The average Bonchev–Trinajstić information content (AvgIpc) is 2.88. The zero-order valence-corrected chi connectivity index (χ0v) is 12.2. The second-order valence-electron chi connectivity index (χ2n) is 5.08. The lowest BCUT2D eigenvalue weighted by Gasteiger charge is -2.21. The molecule has 2 aliphatic heterocycles. The SMILES string of the molecule is C=CCOC1=C(OC(C)=O)[C@@H]([C@@H]2COC(C)(C)O2)OC1=O. The first-order chi connectivity index (χ1) is 9.84. The Balaban J connectivity index is 2.24. The van der Waals surface area contributed by atoms with Crippen LogP contribution in [0, 0.1) is 0 Å². The summed E-state index contributed by atoms with van der Waals surface area (Å²) in [5.41, 5.74) is 0. The number of cyclic esters (lactones) is 1. The molecular weight excluding hydrogens is 280 g/mol. The van der Waals surface area contributed by atoms with E-state index in [1.54, 1.807) is 13.8 Å². The van der Waals surface area contributed by atoms with Gasteiger partial charge in [-0.2, -0.15) is 0 Å². The number of rotatable bonds is 5. The predicted molar refractivity (Wildman–Crippen MR) is 69.7 cm³/mol. The molecule has 0 aromatic carbocycles. The number of carbonyl (C=O) groups excluding carboxylic acids is 2. The van der Waals surface area contributed by atoms with Crippen LogP contribution in [-0.2, 0) is 33.3 Å². The van der Waals surface area contributed by atoms with Gasteiger partial charge in [0.05, 0.1) is 6.61 Å². The first kappa shape index (κ1) is 15.5. The summed E-state index contributed by atoms with van der Waals surface area (Å²) in [5.74, 6) is -2.19. The van der Waals surface area contributed by atoms with E-state index >= 15 is 0 Å². The van der Waals surface area contributed by atoms with E-state index in [1.807, 2.05) is 0 Å². The van der Waals surface area contributed by atoms with Crippen molar-refractivity contribution in [3.05, 3.63) is 24.2 Å². The van der Waals surface area contributed by atoms with Gasteiger partial charge in [-0.1, -0.05) is 12.7 Å². The molecule has 7 heteroatoms. The Hall–Kier alpha value is -1.86. The van der Waals surface area contributed by atoms with E-state index in [-0.39, 0.29) is 24.7 Å². The van der Waals surface area contributed by atoms with Gasteiger partial charge in [-0.3, -0.25) is 4.79 Å². The smallest absolute Gasteiger partial charge is 0.378 e. The zero-order chi connectivity index (χ0) is 15.6. The molecule has 1 fully saturated rings. The van der Waals surface area contributed by atoms with Crippen LogP contribution in [0.2, 0.25) is 0 Å². The van der Waals surface area contributed by atoms with E-state index in [0.717, 1.165) is 0 Å². The molecule has 0 radical (unpaired) electrons. The third-order valence-corrected chi connectivity index (χ3v) is 2.87. The quantitative estimate of drug-likeness (QED) is 0.554. The minimum atomic E-state index is -0.872. The van der Waals surface area contributed by atoms with Crippen LogP contribution in [0.5, 0.6) is 0 Å². The first-order valence-corrected chi connectivity index (χ1v) is 6.53. The molecule has 7 nitrogen and oxygen atoms in total. The molecule has 21 heavy (non-hydrogen) atoms. The molecule has 1 saturated heterocycles. The molecule has 0 unspecified atom stereocenters. The first-order valence-electron chi connectivity index (χ1n) is 6.53. The fraction of sp³-hybridized carbons (Fsp3) is 0.571. The van der Waals surface area contributed by atoms with Gasteiger partial charge in [0.2, 0.25) is 11.5 Å². The molecule has 2 aliphatic rings. The maximum atomic E-state index is 11.9. The second-order valence-corrected chi connectivity index (χ2v) is 5.08. The standard InChI is InChI=1S/C14H18O7/c1-5-6-17-12-11(19-8(2)15)10(20-13(12)16)9-7-18-14(3,4)21-9/h5,9-10H,1,6-7H2,2-4H3/t9-,10+/m0/s1. The highest BCUT2D eigenvalue weighted by atomic mass is 16.8. The van der Waals surface area contributed by atoms with Crippen molar-refractivity contribution in [1.29, 1.82) is 0 Å². The van der Waals surface area contributed by atoms with Gasteiger partial charge < -0.3 is 23.7 Å². The van der Waals surface area contributed by atoms with E-state index < -0.39 is 29.9 Å². The Labute approximate surface area is 122 Å². The van der Waals surface area contributed by atoms with Gasteiger partial charge in [0.25, 0.3) is 0 Å². The van der Waals surface area contributed by atoms with Crippen LogP contribution >= 0.6 is 0 Å². The van der Waals surface area contributed by atoms with Gasteiger partial charge in [-0.15, -0.1) is 0 Å². The number of carbonyl (C=O) groups is 2. The van der Waals surface area contributed by atoms with E-state index in [0.29, 0.717) is 0 Å². The highest BCUT2D eigenvalue weighted by Crippen LogP contribution is 2.34. The Morgan fingerprint density at radius 1 is 1.52 bits per heavy atom. The normalized spacial score (nSPS) is 27.5. The van der Waals surface area contributed by atoms with Crippen molar-refractivity contribution in [2.45, 2.75) is 38.8 Å². The molecule has 0 amide bonds. The van der Waals surface area contributed by atoms with Gasteiger partial charge in [-0.25, -0.2) is 4.79 Å². The number of esters is 2. The molecule has 2 rings (SSSR count). The second kappa shape index (κ2) is 5.87. The van der Waals surface area contributed by atoms with Crippen LogP contribution in [-0.4, -0.2) is 43.1 Å². The molecule has 0 N–H and O–H groups in total. The van der Waals surface area contributed by atoms with Crippen LogP contribution in [0.25, 0.3) is 0 Å². The van der Waals surface area contributed by atoms with Crippen molar-refractivity contribution >= 4 is 11.9 Å². The number of hydrogen-bond donors (Lipinski definition) is 0. The lowest BCUT2D eigenvalue weighted by molar-refractivity contribution is -0.165. The molecule has 0 aromatic rings. The van der Waals surface area contributed by atoms with Crippen molar-refractivity contribution in [2.75, 3.05) is 13.2 Å². The fourth-order valence-corrected chi connectivity index (χ4v) is 2.09. The average molecular weight is 298 g/mol. The summed E-state index contributed by atoms with van der Waals surface area (Å²) in [4.78, 5) is 23.1. The van der Waals surface area contributed by atoms with Crippen molar-refractivity contribution in [3.8, 4) is 0 Å². The van der Waals surface area contributed by atoms with Crippen molar-refractivity contribution in [3.63, 3.8) is 0 Å². The van der Waals surface area contributed by atoms with E-state index in [2.05, 4.69) is 6.58 Å². The minimum Gasteiger partial charge on any atom is -0.480 e. The summed E-state index contributed by atoms with van der Waals surface area (Å²) in [6.45, 7) is 8.52. The molecule has 2 atom stereocenters. The summed E-state index contributed by atoms with van der Waals surface area (Å²) in [6.07, 6.45) is 0.0308. The van der Waals surface area contributed by atoms with Gasteiger partial charge in [0.15, 0.2) is 11.9 Å². The lowest BCUT2D eigenvalue weighted by atomic mass is 10.2. The maximum Gasteiger partial charge on any atom is 0.378 e. The highest BCUT2D eigenvalue weighted by molar-refractivity contribution is 5.90. The molecule has 0 spiro atoms. The predicted octanol–water partition coefficient (Wildman–Crippen LogP) is 1.04. The third-order valence-electron chi connectivity index (χ3n) is 2.87. The number of hydrogen-bond acceptors (Lipinski definition) is 7. The Bertz CT molecular complexity index is 492. The summed E-state index contributed by atoms with van der Waals surface area (Å²) in [6, 6.07) is 0. The lowest BCUT2D eigenvalue weighted by Crippen LogP contribution is -2.33. The van der Waals surface area contributed by atoms with E-state index in [4.69, 9.17) is 23.7 Å². The number of ether oxygens (including phenoxy) is 5. The van der Waals surface area contributed by atoms with Crippen molar-refractivity contribution in [2.24, 2.45) is 0 Å². The van der Waals surface area contributed by atoms with Crippen LogP contribution in [0.15, 0.2) is 24.2 Å². The molecule has 0 bridgehead atoms. The molecule has 0 aliphatic carbocycles. The topological polar surface area (TPSA) is 80.3 Å². The van der Waals surface area contributed by atoms with Crippen molar-refractivity contribution in [1.82, 2.24) is 0 Å². The molecule has 0 saturated carbocycles. The maximum absolute atomic E-state index is 11.9. The highest BCUT2D eigenvalue weighted by Gasteiger charge is 2.48. The van der Waals surface area contributed by atoms with Crippen molar-refractivity contribution < 1.29 is 33.3 Å². The van der Waals surface area contributed by atoms with Gasteiger partial charge >= 0.3 is 11.9 Å². The summed E-state index contributed by atoms with van der Waals surface area (Å²) < 4.78 is 26.6.